The fraction of sp³-hybridized carbons (Fsp3) is 0.0625. The average molecular weight is 446 g/mol. The van der Waals surface area contributed by atoms with Crippen molar-refractivity contribution in [1.29, 1.82) is 0 Å². The van der Waals surface area contributed by atoms with Gasteiger partial charge in [0, 0.05) is 22.4 Å². The van der Waals surface area contributed by atoms with Crippen molar-refractivity contribution in [3.8, 4) is 22.3 Å². The van der Waals surface area contributed by atoms with E-state index in [1.165, 1.54) is 60.7 Å². The molecule has 0 N–H and O–H groups in total. The lowest BCUT2D eigenvalue weighted by Crippen LogP contribution is -1.95. The fourth-order valence-electron chi connectivity index (χ4n) is 6.57. The van der Waals surface area contributed by atoms with Crippen molar-refractivity contribution >= 4 is 38.5 Å². The van der Waals surface area contributed by atoms with E-state index in [2.05, 4.69) is 89.3 Å². The number of imidazole rings is 1. The number of para-hydroxylation sites is 2. The van der Waals surface area contributed by atoms with Crippen LogP contribution < -0.4 is 0 Å². The van der Waals surface area contributed by atoms with Crippen LogP contribution >= 0.6 is 0 Å². The number of hydrogen-bond acceptors (Lipinski definition) is 2. The minimum Gasteiger partial charge on any atom is -0.276 e. The zero-order chi connectivity index (χ0) is 22.7. The first kappa shape index (κ1) is 17.9. The minimum absolute atomic E-state index is 0.971. The number of fused-ring (bicyclic) bond motifs is 15. The molecule has 3 nitrogen and oxygen atoms in total. The predicted octanol–water partition coefficient (Wildman–Crippen LogP) is 7.33. The second-order valence-electron chi connectivity index (χ2n) is 9.83. The van der Waals surface area contributed by atoms with Gasteiger partial charge in [-0.3, -0.25) is 4.40 Å². The normalized spacial score (nSPS) is 13.5. The molecule has 2 aliphatic carbocycles. The Bertz CT molecular complexity index is 2060. The molecule has 0 atom stereocenters. The van der Waals surface area contributed by atoms with Crippen LogP contribution in [0.3, 0.4) is 0 Å². The van der Waals surface area contributed by atoms with Crippen molar-refractivity contribution in [3.63, 3.8) is 0 Å². The molecule has 3 heteroatoms. The Hall–Kier alpha value is -4.50. The van der Waals surface area contributed by atoms with Crippen LogP contribution in [0, 0.1) is 0 Å². The van der Waals surface area contributed by atoms with Crippen LogP contribution in [0.2, 0.25) is 0 Å². The number of aromatic nitrogens is 3. The maximum atomic E-state index is 5.08. The lowest BCUT2D eigenvalue weighted by Gasteiger charge is -2.13. The van der Waals surface area contributed by atoms with E-state index < -0.39 is 0 Å². The maximum absolute atomic E-state index is 5.08. The Morgan fingerprint density at radius 3 is 2.40 bits per heavy atom. The van der Waals surface area contributed by atoms with Gasteiger partial charge in [-0.25, -0.2) is 9.97 Å². The van der Waals surface area contributed by atoms with Gasteiger partial charge in [0.25, 0.3) is 0 Å². The standard InChI is InChI=1S/C32H19N3/c1-2-7-22-18(6-1)14-20-17-26-21(16-25(20)22)15-19-11-12-24-30(29(19)26)23-8-5-13-33-31(23)35-28-10-4-3-9-27(28)34-32(24)35/h1-13,16-17H,14-15H2. The lowest BCUT2D eigenvalue weighted by atomic mass is 9.94. The van der Waals surface area contributed by atoms with Crippen LogP contribution in [0.4, 0.5) is 0 Å². The molecule has 0 aliphatic heterocycles. The molecular formula is C32H19N3. The molecule has 0 unspecified atom stereocenters. The maximum Gasteiger partial charge on any atom is 0.147 e. The third-order valence-corrected chi connectivity index (χ3v) is 8.03. The average Bonchev–Trinajstić information content (AvgIpc) is 3.58. The predicted molar refractivity (Wildman–Crippen MR) is 142 cm³/mol. The van der Waals surface area contributed by atoms with Gasteiger partial charge in [0.1, 0.15) is 11.3 Å². The van der Waals surface area contributed by atoms with Crippen molar-refractivity contribution in [2.45, 2.75) is 12.8 Å². The molecular weight excluding hydrogens is 426 g/mol. The first-order valence-corrected chi connectivity index (χ1v) is 12.2. The lowest BCUT2D eigenvalue weighted by molar-refractivity contribution is 1.23. The molecule has 4 aromatic carbocycles. The topological polar surface area (TPSA) is 30.2 Å². The third kappa shape index (κ3) is 2.17. The number of pyridine rings is 2. The first-order chi connectivity index (χ1) is 17.3. The Labute approximate surface area is 201 Å². The summed E-state index contributed by atoms with van der Waals surface area (Å²) in [5.74, 6) is 0. The van der Waals surface area contributed by atoms with E-state index in [-0.39, 0.29) is 0 Å². The first-order valence-electron chi connectivity index (χ1n) is 12.2. The van der Waals surface area contributed by atoms with Gasteiger partial charge in [0.15, 0.2) is 0 Å². The molecule has 0 spiro atoms. The molecule has 0 saturated heterocycles. The van der Waals surface area contributed by atoms with Gasteiger partial charge < -0.3 is 0 Å². The molecule has 0 fully saturated rings. The van der Waals surface area contributed by atoms with Gasteiger partial charge in [-0.1, -0.05) is 48.5 Å². The van der Waals surface area contributed by atoms with E-state index in [0.717, 1.165) is 35.2 Å². The van der Waals surface area contributed by atoms with Gasteiger partial charge in [-0.05, 0) is 93.7 Å². The summed E-state index contributed by atoms with van der Waals surface area (Å²) in [5.41, 5.74) is 15.3. The third-order valence-electron chi connectivity index (χ3n) is 8.03. The molecule has 0 saturated carbocycles. The second kappa shape index (κ2) is 6.13. The molecule has 9 rings (SSSR count). The highest BCUT2D eigenvalue weighted by Crippen LogP contribution is 2.48. The number of rotatable bonds is 0. The Kier molecular flexibility index (Phi) is 3.14. The van der Waals surface area contributed by atoms with E-state index in [1.54, 1.807) is 0 Å². The summed E-state index contributed by atoms with van der Waals surface area (Å²) in [5, 5.41) is 3.66. The summed E-state index contributed by atoms with van der Waals surface area (Å²) in [7, 11) is 0. The monoisotopic (exact) mass is 445 g/mol. The van der Waals surface area contributed by atoms with Crippen molar-refractivity contribution < 1.29 is 0 Å². The van der Waals surface area contributed by atoms with E-state index in [0.29, 0.717) is 0 Å². The van der Waals surface area contributed by atoms with Crippen molar-refractivity contribution in [2.24, 2.45) is 0 Å². The second-order valence-corrected chi connectivity index (χ2v) is 9.83. The van der Waals surface area contributed by atoms with Crippen LogP contribution in [-0.2, 0) is 12.8 Å². The molecule has 0 radical (unpaired) electrons. The molecule has 3 aromatic heterocycles. The highest BCUT2D eigenvalue weighted by atomic mass is 15.1. The highest BCUT2D eigenvalue weighted by Gasteiger charge is 2.28. The van der Waals surface area contributed by atoms with Crippen molar-refractivity contribution in [1.82, 2.24) is 14.4 Å². The zero-order valence-corrected chi connectivity index (χ0v) is 18.9. The highest BCUT2D eigenvalue weighted by molar-refractivity contribution is 6.20. The SMILES string of the molecule is c1ccc2c(c1)Cc1cc3c(cc1-2)Cc1ccc2c(c1-3)c1cccnc1n1c3ccccc3nc21. The molecule has 162 valence electrons. The van der Waals surface area contributed by atoms with Gasteiger partial charge in [0.2, 0.25) is 0 Å². The number of benzene rings is 4. The number of hydrogen-bond donors (Lipinski definition) is 0. The number of nitrogens with zero attached hydrogens (tertiary/aromatic N) is 3. The summed E-state index contributed by atoms with van der Waals surface area (Å²) in [6.45, 7) is 0. The zero-order valence-electron chi connectivity index (χ0n) is 18.9. The molecule has 35 heavy (non-hydrogen) atoms. The quantitative estimate of drug-likeness (QED) is 0.229. The fourth-order valence-corrected chi connectivity index (χ4v) is 6.57. The summed E-state index contributed by atoms with van der Waals surface area (Å²) in [6.07, 6.45) is 3.88. The van der Waals surface area contributed by atoms with Crippen LogP contribution in [0.25, 0.3) is 60.7 Å². The van der Waals surface area contributed by atoms with Crippen LogP contribution in [-0.4, -0.2) is 14.4 Å². The largest absolute Gasteiger partial charge is 0.276 e. The Morgan fingerprint density at radius 1 is 0.600 bits per heavy atom. The molecule has 0 amide bonds. The van der Waals surface area contributed by atoms with Crippen LogP contribution in [0.1, 0.15) is 22.3 Å². The summed E-state index contributed by atoms with van der Waals surface area (Å²) in [4.78, 5) is 9.95. The van der Waals surface area contributed by atoms with Crippen molar-refractivity contribution in [3.05, 3.63) is 113 Å². The van der Waals surface area contributed by atoms with E-state index in [9.17, 15) is 0 Å². The minimum atomic E-state index is 0.971. The van der Waals surface area contributed by atoms with E-state index in [4.69, 9.17) is 9.97 Å². The van der Waals surface area contributed by atoms with Crippen LogP contribution in [0.5, 0.6) is 0 Å². The smallest absolute Gasteiger partial charge is 0.147 e. The summed E-state index contributed by atoms with van der Waals surface area (Å²) in [6, 6.07) is 31.0. The molecule has 2 aliphatic rings. The van der Waals surface area contributed by atoms with Crippen molar-refractivity contribution in [2.75, 3.05) is 0 Å². The van der Waals surface area contributed by atoms with E-state index >= 15 is 0 Å². The molecule has 0 bridgehead atoms. The van der Waals surface area contributed by atoms with Gasteiger partial charge >= 0.3 is 0 Å². The summed E-state index contributed by atoms with van der Waals surface area (Å²) < 4.78 is 2.23. The van der Waals surface area contributed by atoms with E-state index in [1.807, 2.05) is 6.20 Å². The van der Waals surface area contributed by atoms with Gasteiger partial charge in [-0.15, -0.1) is 0 Å². The Morgan fingerprint density at radius 2 is 1.40 bits per heavy atom. The van der Waals surface area contributed by atoms with Gasteiger partial charge in [-0.2, -0.15) is 0 Å². The molecule has 7 aromatic rings. The van der Waals surface area contributed by atoms with Crippen LogP contribution in [0.15, 0.2) is 91.1 Å². The van der Waals surface area contributed by atoms with Gasteiger partial charge in [0.05, 0.1) is 11.0 Å². The Balaban J connectivity index is 1.43. The summed E-state index contributed by atoms with van der Waals surface area (Å²) >= 11 is 0. The molecule has 3 heterocycles.